The third-order valence-corrected chi connectivity index (χ3v) is 4.11. The Morgan fingerprint density at radius 3 is 2.57 bits per heavy atom. The van der Waals surface area contributed by atoms with E-state index in [2.05, 4.69) is 5.32 Å². The number of carbonyl (C=O) groups excluding carboxylic acids is 3. The summed E-state index contributed by atoms with van der Waals surface area (Å²) in [6, 6.07) is 10.6. The Bertz CT molecular complexity index is 807. The van der Waals surface area contributed by atoms with Gasteiger partial charge in [0, 0.05) is 17.4 Å². The molecule has 3 amide bonds. The lowest BCUT2D eigenvalue weighted by molar-refractivity contribution is -0.134. The van der Waals surface area contributed by atoms with Crippen LogP contribution in [0.15, 0.2) is 36.4 Å². The molecule has 0 aliphatic carbocycles. The Hall–Kier alpha value is -2.69. The number of nitrogens with zero attached hydrogens (tertiary/aromatic N) is 1. The second kappa shape index (κ2) is 4.15. The molecule has 1 saturated heterocycles. The summed E-state index contributed by atoms with van der Waals surface area (Å²) in [5.41, 5.74) is 1.37. The van der Waals surface area contributed by atoms with Gasteiger partial charge in [-0.1, -0.05) is 24.3 Å². The standard InChI is InChI=1S/C16H12N2O3/c19-13-8-7-12(15(20)17-13)18-11-6-2-4-9-3-1-5-10(14(9)11)16(18)21/h1-6,12H,7-8H2,(H,17,19,20). The third-order valence-electron chi connectivity index (χ3n) is 4.11. The quantitative estimate of drug-likeness (QED) is 0.807. The monoisotopic (exact) mass is 280 g/mol. The third kappa shape index (κ3) is 1.60. The Balaban J connectivity index is 1.86. The van der Waals surface area contributed by atoms with Gasteiger partial charge in [0.1, 0.15) is 6.04 Å². The lowest BCUT2D eigenvalue weighted by Gasteiger charge is -2.30. The van der Waals surface area contributed by atoms with Crippen LogP contribution in [0.3, 0.4) is 0 Å². The zero-order valence-electron chi connectivity index (χ0n) is 11.1. The minimum atomic E-state index is -0.617. The SMILES string of the molecule is O=C1CCC(N2C(=O)c3cccc4cccc2c34)C(=O)N1. The van der Waals surface area contributed by atoms with Crippen molar-refractivity contribution in [2.75, 3.05) is 4.90 Å². The summed E-state index contributed by atoms with van der Waals surface area (Å²) in [5.74, 6) is -0.848. The van der Waals surface area contributed by atoms with Crippen molar-refractivity contribution in [2.45, 2.75) is 18.9 Å². The van der Waals surface area contributed by atoms with Crippen molar-refractivity contribution in [3.05, 3.63) is 42.0 Å². The summed E-state index contributed by atoms with van der Waals surface area (Å²) in [5, 5.41) is 4.18. The van der Waals surface area contributed by atoms with Crippen molar-refractivity contribution in [1.82, 2.24) is 5.32 Å². The van der Waals surface area contributed by atoms with E-state index >= 15 is 0 Å². The van der Waals surface area contributed by atoms with Gasteiger partial charge in [0.05, 0.1) is 5.69 Å². The number of rotatable bonds is 1. The Kier molecular flexibility index (Phi) is 2.39. The molecule has 0 aromatic heterocycles. The van der Waals surface area contributed by atoms with E-state index in [1.54, 1.807) is 6.07 Å². The summed E-state index contributed by atoms with van der Waals surface area (Å²) in [6.07, 6.45) is 0.618. The second-order valence-electron chi connectivity index (χ2n) is 5.32. The fraction of sp³-hybridized carbons (Fsp3) is 0.188. The Morgan fingerprint density at radius 1 is 1.05 bits per heavy atom. The highest BCUT2D eigenvalue weighted by atomic mass is 16.2. The second-order valence-corrected chi connectivity index (χ2v) is 5.32. The normalized spacial score (nSPS) is 21.0. The van der Waals surface area contributed by atoms with Gasteiger partial charge in [0.2, 0.25) is 11.8 Å². The molecule has 1 N–H and O–H groups in total. The lowest BCUT2D eigenvalue weighted by Crippen LogP contribution is -2.53. The van der Waals surface area contributed by atoms with Crippen LogP contribution in [0.1, 0.15) is 23.2 Å². The minimum absolute atomic E-state index is 0.170. The van der Waals surface area contributed by atoms with Crippen molar-refractivity contribution in [3.8, 4) is 0 Å². The average molecular weight is 280 g/mol. The van der Waals surface area contributed by atoms with Gasteiger partial charge < -0.3 is 0 Å². The molecule has 1 fully saturated rings. The molecule has 0 saturated carbocycles. The number of carbonyl (C=O) groups is 3. The maximum Gasteiger partial charge on any atom is 0.259 e. The highest BCUT2D eigenvalue weighted by Gasteiger charge is 2.40. The van der Waals surface area contributed by atoms with Gasteiger partial charge in [0.25, 0.3) is 5.91 Å². The first-order chi connectivity index (χ1) is 10.2. The van der Waals surface area contributed by atoms with Crippen LogP contribution in [0.2, 0.25) is 0 Å². The summed E-state index contributed by atoms with van der Waals surface area (Å²) in [4.78, 5) is 37.6. The Morgan fingerprint density at radius 2 is 1.81 bits per heavy atom. The molecule has 2 aromatic rings. The predicted molar refractivity (Wildman–Crippen MR) is 76.9 cm³/mol. The number of piperidine rings is 1. The summed E-state index contributed by atoms with van der Waals surface area (Å²) >= 11 is 0. The number of amides is 3. The molecule has 2 aromatic carbocycles. The summed E-state index contributed by atoms with van der Waals surface area (Å²) in [7, 11) is 0. The van der Waals surface area contributed by atoms with E-state index in [-0.39, 0.29) is 18.2 Å². The van der Waals surface area contributed by atoms with Crippen molar-refractivity contribution < 1.29 is 14.4 Å². The van der Waals surface area contributed by atoms with Crippen molar-refractivity contribution in [1.29, 1.82) is 0 Å². The maximum atomic E-state index is 12.7. The first kappa shape index (κ1) is 12.1. The lowest BCUT2D eigenvalue weighted by atomic mass is 10.0. The molecule has 0 bridgehead atoms. The number of benzene rings is 2. The van der Waals surface area contributed by atoms with Gasteiger partial charge in [-0.25, -0.2) is 0 Å². The van der Waals surface area contributed by atoms with Crippen LogP contribution in [0.4, 0.5) is 5.69 Å². The fourth-order valence-corrected chi connectivity index (χ4v) is 3.18. The van der Waals surface area contributed by atoms with Crippen LogP contribution in [-0.4, -0.2) is 23.8 Å². The van der Waals surface area contributed by atoms with E-state index in [0.717, 1.165) is 16.5 Å². The Labute approximate surface area is 120 Å². The molecule has 2 aliphatic heterocycles. The molecule has 2 heterocycles. The molecular weight excluding hydrogens is 268 g/mol. The maximum absolute atomic E-state index is 12.7. The van der Waals surface area contributed by atoms with E-state index in [4.69, 9.17) is 0 Å². The van der Waals surface area contributed by atoms with Gasteiger partial charge in [-0.3, -0.25) is 24.6 Å². The van der Waals surface area contributed by atoms with Gasteiger partial charge in [0.15, 0.2) is 0 Å². The van der Waals surface area contributed by atoms with Gasteiger partial charge in [-0.05, 0) is 23.9 Å². The molecular formula is C16H12N2O3. The number of nitrogens with one attached hydrogen (secondary N) is 1. The molecule has 0 radical (unpaired) electrons. The average Bonchev–Trinajstić information content (AvgIpc) is 2.75. The molecule has 1 unspecified atom stereocenters. The minimum Gasteiger partial charge on any atom is -0.295 e. The smallest absolute Gasteiger partial charge is 0.259 e. The van der Waals surface area contributed by atoms with Crippen molar-refractivity contribution in [3.63, 3.8) is 0 Å². The van der Waals surface area contributed by atoms with Crippen molar-refractivity contribution in [2.24, 2.45) is 0 Å². The largest absolute Gasteiger partial charge is 0.295 e. The number of imide groups is 1. The number of hydrogen-bond acceptors (Lipinski definition) is 3. The molecule has 0 spiro atoms. The molecule has 1 atom stereocenters. The molecule has 5 heteroatoms. The van der Waals surface area contributed by atoms with E-state index in [1.807, 2.05) is 30.3 Å². The van der Waals surface area contributed by atoms with E-state index in [9.17, 15) is 14.4 Å². The summed E-state index contributed by atoms with van der Waals surface area (Å²) in [6.45, 7) is 0. The van der Waals surface area contributed by atoms with Crippen LogP contribution < -0.4 is 10.2 Å². The topological polar surface area (TPSA) is 66.5 Å². The summed E-state index contributed by atoms with van der Waals surface area (Å²) < 4.78 is 0. The molecule has 2 aliphatic rings. The first-order valence-corrected chi connectivity index (χ1v) is 6.86. The van der Waals surface area contributed by atoms with E-state index < -0.39 is 11.9 Å². The van der Waals surface area contributed by atoms with Crippen LogP contribution in [-0.2, 0) is 9.59 Å². The van der Waals surface area contributed by atoms with E-state index in [1.165, 1.54) is 4.90 Å². The fourth-order valence-electron chi connectivity index (χ4n) is 3.18. The van der Waals surface area contributed by atoms with Gasteiger partial charge in [-0.2, -0.15) is 0 Å². The zero-order chi connectivity index (χ0) is 14.6. The highest BCUT2D eigenvalue weighted by molar-refractivity contribution is 6.27. The molecule has 104 valence electrons. The zero-order valence-corrected chi connectivity index (χ0v) is 11.1. The molecule has 5 nitrogen and oxygen atoms in total. The molecule has 21 heavy (non-hydrogen) atoms. The van der Waals surface area contributed by atoms with Gasteiger partial charge in [-0.15, -0.1) is 0 Å². The van der Waals surface area contributed by atoms with E-state index in [0.29, 0.717) is 12.0 Å². The first-order valence-electron chi connectivity index (χ1n) is 6.86. The van der Waals surface area contributed by atoms with Crippen molar-refractivity contribution >= 4 is 34.2 Å². The van der Waals surface area contributed by atoms with Crippen LogP contribution in [0.5, 0.6) is 0 Å². The molecule has 4 rings (SSSR count). The van der Waals surface area contributed by atoms with Gasteiger partial charge >= 0.3 is 0 Å². The predicted octanol–water partition coefficient (Wildman–Crippen LogP) is 1.61. The van der Waals surface area contributed by atoms with Crippen LogP contribution >= 0.6 is 0 Å². The van der Waals surface area contributed by atoms with Crippen LogP contribution in [0.25, 0.3) is 10.8 Å². The highest BCUT2D eigenvalue weighted by Crippen LogP contribution is 2.39. The number of hydrogen-bond donors (Lipinski definition) is 1. The van der Waals surface area contributed by atoms with Crippen LogP contribution in [0, 0.1) is 0 Å². The number of anilines is 1.